The van der Waals surface area contributed by atoms with Crippen LogP contribution in [0.25, 0.3) is 10.2 Å². The van der Waals surface area contributed by atoms with Gasteiger partial charge in [-0.1, -0.05) is 53.3 Å². The lowest BCUT2D eigenvalue weighted by molar-refractivity contribution is 0.419. The number of hydrogen-bond acceptors (Lipinski definition) is 4. The molecule has 0 radical (unpaired) electrons. The van der Waals surface area contributed by atoms with E-state index in [2.05, 4.69) is 22.4 Å². The summed E-state index contributed by atoms with van der Waals surface area (Å²) in [6, 6.07) is 13.9. The molecule has 3 rings (SSSR count). The van der Waals surface area contributed by atoms with Crippen molar-refractivity contribution in [2.24, 2.45) is 0 Å². The van der Waals surface area contributed by atoms with Gasteiger partial charge in [-0.05, 0) is 17.7 Å². The number of fused-ring (bicyclic) bond motifs is 1. The highest BCUT2D eigenvalue weighted by atomic mass is 35.5. The minimum absolute atomic E-state index is 0.700. The second-order valence-electron chi connectivity index (χ2n) is 4.29. The van der Waals surface area contributed by atoms with E-state index in [9.17, 15) is 0 Å². The van der Waals surface area contributed by atoms with Gasteiger partial charge in [0.25, 0.3) is 0 Å². The van der Waals surface area contributed by atoms with E-state index in [1.165, 1.54) is 16.9 Å². The Morgan fingerprint density at radius 3 is 2.75 bits per heavy atom. The normalized spacial score (nSPS) is 10.7. The number of ether oxygens (including phenoxy) is 1. The molecule has 0 aliphatic heterocycles. The lowest BCUT2D eigenvalue weighted by atomic mass is 10.2. The fourth-order valence-corrected chi connectivity index (χ4v) is 3.12. The van der Waals surface area contributed by atoms with Crippen molar-refractivity contribution >= 4 is 38.3 Å². The summed E-state index contributed by atoms with van der Waals surface area (Å²) in [5.41, 5.74) is 2.02. The maximum Gasteiger partial charge on any atom is 0.184 e. The number of halogens is 1. The Morgan fingerprint density at radius 2 is 2.00 bits per heavy atom. The molecule has 102 valence electrons. The van der Waals surface area contributed by atoms with Crippen molar-refractivity contribution in [1.29, 1.82) is 0 Å². The van der Waals surface area contributed by atoms with Gasteiger partial charge in [-0.25, -0.2) is 4.98 Å². The third-order valence-corrected chi connectivity index (χ3v) is 4.44. The highest BCUT2D eigenvalue weighted by molar-refractivity contribution is 7.22. The fraction of sp³-hybridized carbons (Fsp3) is 0.133. The number of methoxy groups -OCH3 is 1. The second kappa shape index (κ2) is 5.69. The van der Waals surface area contributed by atoms with Crippen LogP contribution in [-0.4, -0.2) is 12.1 Å². The van der Waals surface area contributed by atoms with Crippen molar-refractivity contribution in [3.63, 3.8) is 0 Å². The molecule has 3 nitrogen and oxygen atoms in total. The van der Waals surface area contributed by atoms with E-state index < -0.39 is 0 Å². The van der Waals surface area contributed by atoms with Crippen LogP contribution in [0, 0.1) is 0 Å². The largest absolute Gasteiger partial charge is 0.494 e. The van der Waals surface area contributed by atoms with Crippen molar-refractivity contribution in [3.05, 3.63) is 53.1 Å². The van der Waals surface area contributed by atoms with E-state index >= 15 is 0 Å². The molecule has 1 N–H and O–H groups in total. The van der Waals surface area contributed by atoms with Crippen LogP contribution in [0.5, 0.6) is 5.75 Å². The summed E-state index contributed by atoms with van der Waals surface area (Å²) in [5.74, 6) is 0.744. The first-order chi connectivity index (χ1) is 9.78. The van der Waals surface area contributed by atoms with E-state index in [-0.39, 0.29) is 0 Å². The van der Waals surface area contributed by atoms with Crippen LogP contribution >= 0.6 is 22.9 Å². The second-order valence-corrected chi connectivity index (χ2v) is 5.69. The summed E-state index contributed by atoms with van der Waals surface area (Å²) in [6.45, 7) is 0.737. The molecule has 5 heteroatoms. The van der Waals surface area contributed by atoms with Gasteiger partial charge in [-0.3, -0.25) is 0 Å². The van der Waals surface area contributed by atoms with E-state index in [1.54, 1.807) is 7.11 Å². The van der Waals surface area contributed by atoms with Gasteiger partial charge < -0.3 is 10.1 Å². The number of anilines is 1. The van der Waals surface area contributed by atoms with Crippen molar-refractivity contribution in [2.75, 3.05) is 12.4 Å². The van der Waals surface area contributed by atoms with Gasteiger partial charge in [-0.2, -0.15) is 0 Å². The molecule has 0 saturated carbocycles. The van der Waals surface area contributed by atoms with Gasteiger partial charge in [0.15, 0.2) is 5.13 Å². The molecule has 0 atom stereocenters. The lowest BCUT2D eigenvalue weighted by Crippen LogP contribution is -1.98. The summed E-state index contributed by atoms with van der Waals surface area (Å²) in [6.07, 6.45) is 0. The fourth-order valence-electron chi connectivity index (χ4n) is 1.97. The van der Waals surface area contributed by atoms with Crippen LogP contribution < -0.4 is 10.1 Å². The first-order valence-electron chi connectivity index (χ1n) is 6.19. The average molecular weight is 305 g/mol. The zero-order valence-corrected chi connectivity index (χ0v) is 12.5. The zero-order chi connectivity index (χ0) is 13.9. The molecule has 0 fully saturated rings. The predicted octanol–water partition coefficient (Wildman–Crippen LogP) is 4.57. The molecule has 3 aromatic rings. The molecule has 2 aromatic carbocycles. The van der Waals surface area contributed by atoms with E-state index in [0.717, 1.165) is 27.6 Å². The molecular formula is C15H13ClN2OS. The first kappa shape index (κ1) is 13.2. The Morgan fingerprint density at radius 1 is 1.20 bits per heavy atom. The standard InChI is InChI=1S/C15H13ClN2OS/c1-19-12-8-7-11(16)14-13(12)18-15(20-14)17-9-10-5-3-2-4-6-10/h2-8H,9H2,1H3,(H,17,18). The number of nitrogens with one attached hydrogen (secondary N) is 1. The quantitative estimate of drug-likeness (QED) is 0.766. The number of thiazole rings is 1. The maximum atomic E-state index is 6.20. The van der Waals surface area contributed by atoms with Gasteiger partial charge >= 0.3 is 0 Å². The Kier molecular flexibility index (Phi) is 3.76. The SMILES string of the molecule is COc1ccc(Cl)c2sc(NCc3ccccc3)nc12. The molecule has 0 bridgehead atoms. The molecule has 0 saturated heterocycles. The van der Waals surface area contributed by atoms with Crippen LogP contribution in [0.4, 0.5) is 5.13 Å². The molecule has 1 heterocycles. The topological polar surface area (TPSA) is 34.1 Å². The zero-order valence-electron chi connectivity index (χ0n) is 10.9. The van der Waals surface area contributed by atoms with Crippen LogP contribution in [0.15, 0.2) is 42.5 Å². The smallest absolute Gasteiger partial charge is 0.184 e. The lowest BCUT2D eigenvalue weighted by Gasteiger charge is -2.01. The molecule has 0 aliphatic carbocycles. The summed E-state index contributed by atoms with van der Waals surface area (Å²) >= 11 is 7.74. The van der Waals surface area contributed by atoms with Gasteiger partial charge in [0.1, 0.15) is 11.3 Å². The van der Waals surface area contributed by atoms with E-state index in [0.29, 0.717) is 5.02 Å². The minimum Gasteiger partial charge on any atom is -0.494 e. The highest BCUT2D eigenvalue weighted by Gasteiger charge is 2.11. The molecule has 0 spiro atoms. The minimum atomic E-state index is 0.700. The molecule has 0 unspecified atom stereocenters. The van der Waals surface area contributed by atoms with Crippen molar-refractivity contribution < 1.29 is 4.74 Å². The Bertz CT molecular complexity index is 727. The molecule has 20 heavy (non-hydrogen) atoms. The Labute approximate surface area is 126 Å². The van der Waals surface area contributed by atoms with Crippen molar-refractivity contribution in [1.82, 2.24) is 4.98 Å². The van der Waals surface area contributed by atoms with Crippen molar-refractivity contribution in [3.8, 4) is 5.75 Å². The maximum absolute atomic E-state index is 6.20. The van der Waals surface area contributed by atoms with E-state index in [4.69, 9.17) is 16.3 Å². The first-order valence-corrected chi connectivity index (χ1v) is 7.38. The summed E-state index contributed by atoms with van der Waals surface area (Å²) in [7, 11) is 1.64. The molecule has 0 amide bonds. The average Bonchev–Trinajstić information content (AvgIpc) is 2.92. The van der Waals surface area contributed by atoms with Gasteiger partial charge in [-0.15, -0.1) is 0 Å². The summed E-state index contributed by atoms with van der Waals surface area (Å²) in [4.78, 5) is 4.56. The van der Waals surface area contributed by atoms with Crippen LogP contribution in [-0.2, 0) is 6.54 Å². The number of rotatable bonds is 4. The monoisotopic (exact) mass is 304 g/mol. The summed E-state index contributed by atoms with van der Waals surface area (Å²) < 4.78 is 6.26. The third kappa shape index (κ3) is 2.57. The van der Waals surface area contributed by atoms with Crippen LogP contribution in [0.1, 0.15) is 5.56 Å². The van der Waals surface area contributed by atoms with Crippen LogP contribution in [0.3, 0.4) is 0 Å². The number of benzene rings is 2. The molecule has 0 aliphatic rings. The third-order valence-electron chi connectivity index (χ3n) is 2.96. The van der Waals surface area contributed by atoms with E-state index in [1.807, 2.05) is 30.3 Å². The highest BCUT2D eigenvalue weighted by Crippen LogP contribution is 2.37. The van der Waals surface area contributed by atoms with Gasteiger partial charge in [0.05, 0.1) is 16.8 Å². The molecule has 1 aromatic heterocycles. The molecular weight excluding hydrogens is 292 g/mol. The predicted molar refractivity (Wildman–Crippen MR) is 85.0 cm³/mol. The van der Waals surface area contributed by atoms with Crippen LogP contribution in [0.2, 0.25) is 5.02 Å². The summed E-state index contributed by atoms with van der Waals surface area (Å²) in [5, 5.41) is 4.87. The van der Waals surface area contributed by atoms with Gasteiger partial charge in [0, 0.05) is 6.54 Å². The van der Waals surface area contributed by atoms with Gasteiger partial charge in [0.2, 0.25) is 0 Å². The van der Waals surface area contributed by atoms with Crippen molar-refractivity contribution in [2.45, 2.75) is 6.54 Å². The number of hydrogen-bond donors (Lipinski definition) is 1. The Hall–Kier alpha value is -1.78. The number of nitrogens with zero attached hydrogens (tertiary/aromatic N) is 1. The Balaban J connectivity index is 1.88. The number of aromatic nitrogens is 1.